The Hall–Kier alpha value is -2.83. The summed E-state index contributed by atoms with van der Waals surface area (Å²) in [6, 6.07) is 10.5. The molecule has 10 nitrogen and oxygen atoms in total. The Morgan fingerprint density at radius 1 is 1.06 bits per heavy atom. The van der Waals surface area contributed by atoms with Gasteiger partial charge in [-0.1, -0.05) is 6.92 Å². The molecular weight excluding hydrogens is 460 g/mol. The summed E-state index contributed by atoms with van der Waals surface area (Å²) in [5.41, 5.74) is -0.329. The number of nitro groups is 1. The third-order valence-corrected chi connectivity index (χ3v) is 6.16. The molecule has 2 aromatic rings. The number of hydrogen-bond donors (Lipinski definition) is 1. The van der Waals surface area contributed by atoms with Crippen molar-refractivity contribution in [2.45, 2.75) is 23.1 Å². The number of carbonyl (C=O) groups is 1. The van der Waals surface area contributed by atoms with Crippen molar-refractivity contribution in [3.63, 3.8) is 0 Å². The number of benzene rings is 2. The number of thioether (sulfide) groups is 1. The van der Waals surface area contributed by atoms with Crippen LogP contribution in [0.4, 0.5) is 5.69 Å². The molecule has 0 aliphatic rings. The molecule has 0 atom stereocenters. The van der Waals surface area contributed by atoms with Crippen LogP contribution in [0.2, 0.25) is 0 Å². The first-order valence-electron chi connectivity index (χ1n) is 9.60. The van der Waals surface area contributed by atoms with Crippen LogP contribution < -0.4 is 14.2 Å². The molecule has 2 aromatic carbocycles. The Labute approximate surface area is 190 Å². The Kier molecular flexibility index (Phi) is 9.75. The highest BCUT2D eigenvalue weighted by molar-refractivity contribution is 7.98. The van der Waals surface area contributed by atoms with Gasteiger partial charge in [-0.25, -0.2) is 8.42 Å². The van der Waals surface area contributed by atoms with E-state index in [1.54, 1.807) is 30.5 Å². The zero-order valence-corrected chi connectivity index (χ0v) is 19.2. The van der Waals surface area contributed by atoms with E-state index in [0.717, 1.165) is 30.0 Å². The van der Waals surface area contributed by atoms with Gasteiger partial charge in [-0.2, -0.15) is 4.72 Å². The van der Waals surface area contributed by atoms with E-state index in [9.17, 15) is 23.3 Å². The van der Waals surface area contributed by atoms with Crippen LogP contribution in [0.5, 0.6) is 11.5 Å². The number of nitrogens with zero attached hydrogens (tertiary/aromatic N) is 1. The number of sulfonamides is 1. The summed E-state index contributed by atoms with van der Waals surface area (Å²) in [5, 5.41) is 11.1. The van der Waals surface area contributed by atoms with Crippen LogP contribution in [-0.2, 0) is 19.6 Å². The van der Waals surface area contributed by atoms with Crippen molar-refractivity contribution in [2.75, 3.05) is 32.6 Å². The largest absolute Gasteiger partial charge is 0.494 e. The molecule has 0 aliphatic carbocycles. The molecule has 0 amide bonds. The van der Waals surface area contributed by atoms with Crippen molar-refractivity contribution in [1.29, 1.82) is 0 Å². The quantitative estimate of drug-likeness (QED) is 0.150. The molecule has 2 rings (SSSR count). The molecule has 0 radical (unpaired) electrons. The summed E-state index contributed by atoms with van der Waals surface area (Å²) in [6.07, 6.45) is 2.55. The van der Waals surface area contributed by atoms with Crippen molar-refractivity contribution in [3.8, 4) is 11.5 Å². The Bertz CT molecular complexity index is 1030. The van der Waals surface area contributed by atoms with Gasteiger partial charge in [0.2, 0.25) is 10.0 Å². The SMILES string of the molecule is CCCOc1ccc(OCCOC(=O)CNS(=O)(=O)c2ccc(SC)c([N+](=O)[O-])c2)cc1. The van der Waals surface area contributed by atoms with E-state index in [2.05, 4.69) is 4.72 Å². The van der Waals surface area contributed by atoms with Crippen LogP contribution in [0.25, 0.3) is 0 Å². The minimum atomic E-state index is -4.13. The maximum Gasteiger partial charge on any atom is 0.321 e. The number of esters is 1. The molecule has 0 aromatic heterocycles. The third kappa shape index (κ3) is 7.70. The predicted molar refractivity (Wildman–Crippen MR) is 119 cm³/mol. The van der Waals surface area contributed by atoms with Crippen LogP contribution in [-0.4, -0.2) is 51.9 Å². The molecule has 12 heteroatoms. The summed E-state index contributed by atoms with van der Waals surface area (Å²) in [6.45, 7) is 2.01. The summed E-state index contributed by atoms with van der Waals surface area (Å²) < 4.78 is 42.6. The van der Waals surface area contributed by atoms with Crippen LogP contribution in [0.3, 0.4) is 0 Å². The molecule has 1 N–H and O–H groups in total. The van der Waals surface area contributed by atoms with E-state index in [4.69, 9.17) is 14.2 Å². The molecule has 0 heterocycles. The average molecular weight is 485 g/mol. The van der Waals surface area contributed by atoms with Gasteiger partial charge in [0.1, 0.15) is 31.3 Å². The van der Waals surface area contributed by atoms with Gasteiger partial charge in [0.25, 0.3) is 5.69 Å². The second-order valence-corrected chi connectivity index (χ2v) is 8.92. The third-order valence-electron chi connectivity index (χ3n) is 3.98. The zero-order valence-electron chi connectivity index (χ0n) is 17.6. The van der Waals surface area contributed by atoms with Gasteiger partial charge in [-0.3, -0.25) is 14.9 Å². The summed E-state index contributed by atoms with van der Waals surface area (Å²) in [5.74, 6) is 0.489. The van der Waals surface area contributed by atoms with Gasteiger partial charge in [-0.15, -0.1) is 11.8 Å². The number of rotatable bonds is 13. The van der Waals surface area contributed by atoms with E-state index in [1.165, 1.54) is 12.1 Å². The first kappa shape index (κ1) is 25.4. The molecule has 0 spiro atoms. The minimum Gasteiger partial charge on any atom is -0.494 e. The molecular formula is C20H24N2O8S2. The van der Waals surface area contributed by atoms with Crippen molar-refractivity contribution in [3.05, 3.63) is 52.6 Å². The fourth-order valence-electron chi connectivity index (χ4n) is 2.43. The number of nitrogens with one attached hydrogen (secondary N) is 1. The van der Waals surface area contributed by atoms with Crippen LogP contribution in [0.1, 0.15) is 13.3 Å². The van der Waals surface area contributed by atoms with Crippen LogP contribution in [0, 0.1) is 10.1 Å². The molecule has 0 bridgehead atoms. The topological polar surface area (TPSA) is 134 Å². The van der Waals surface area contributed by atoms with Crippen LogP contribution in [0.15, 0.2) is 52.3 Å². The highest BCUT2D eigenvalue weighted by Gasteiger charge is 2.22. The normalized spacial score (nSPS) is 11.1. The summed E-state index contributed by atoms with van der Waals surface area (Å²) >= 11 is 1.13. The lowest BCUT2D eigenvalue weighted by Crippen LogP contribution is -2.31. The maximum atomic E-state index is 12.3. The number of carbonyl (C=O) groups excluding carboxylic acids is 1. The van der Waals surface area contributed by atoms with Crippen molar-refractivity contribution in [1.82, 2.24) is 4.72 Å². The lowest BCUT2D eigenvalue weighted by Gasteiger charge is -2.10. The van der Waals surface area contributed by atoms with Gasteiger partial charge >= 0.3 is 5.97 Å². The van der Waals surface area contributed by atoms with Crippen LogP contribution >= 0.6 is 11.8 Å². The zero-order chi connectivity index (χ0) is 23.6. The molecule has 0 saturated heterocycles. The average Bonchev–Trinajstić information content (AvgIpc) is 2.79. The molecule has 32 heavy (non-hydrogen) atoms. The molecule has 0 unspecified atom stereocenters. The van der Waals surface area contributed by atoms with E-state index < -0.39 is 27.5 Å². The van der Waals surface area contributed by atoms with Crippen molar-refractivity contribution >= 4 is 33.4 Å². The number of ether oxygens (including phenoxy) is 3. The Balaban J connectivity index is 1.79. The highest BCUT2D eigenvalue weighted by atomic mass is 32.2. The van der Waals surface area contributed by atoms with E-state index in [1.807, 2.05) is 6.92 Å². The molecule has 174 valence electrons. The Morgan fingerprint density at radius 2 is 1.69 bits per heavy atom. The fourth-order valence-corrected chi connectivity index (χ4v) is 3.97. The molecule has 0 aliphatic heterocycles. The standard InChI is InChI=1S/C20H24N2O8S2/c1-3-10-28-15-4-6-16(7-5-15)29-11-12-30-20(23)14-21-32(26,27)17-8-9-19(31-2)18(13-17)22(24)25/h4-9,13,21H,3,10-12,14H2,1-2H3. The fraction of sp³-hybridized carbons (Fsp3) is 0.350. The Morgan fingerprint density at radius 3 is 2.25 bits per heavy atom. The van der Waals surface area contributed by atoms with E-state index in [-0.39, 0.29) is 23.8 Å². The van der Waals surface area contributed by atoms with Gasteiger partial charge in [0, 0.05) is 6.07 Å². The monoisotopic (exact) mass is 484 g/mol. The highest BCUT2D eigenvalue weighted by Crippen LogP contribution is 2.29. The minimum absolute atomic E-state index is 0.0794. The lowest BCUT2D eigenvalue weighted by molar-refractivity contribution is -0.387. The summed E-state index contributed by atoms with van der Waals surface area (Å²) in [4.78, 5) is 22.3. The van der Waals surface area contributed by atoms with Gasteiger partial charge in [-0.05, 0) is 49.1 Å². The van der Waals surface area contributed by atoms with Gasteiger partial charge in [0.05, 0.1) is 21.3 Å². The molecule has 0 fully saturated rings. The second kappa shape index (κ2) is 12.3. The predicted octanol–water partition coefficient (Wildman–Crippen LogP) is 3.01. The number of nitro benzene ring substituents is 1. The van der Waals surface area contributed by atoms with E-state index >= 15 is 0 Å². The lowest BCUT2D eigenvalue weighted by atomic mass is 10.3. The maximum absolute atomic E-state index is 12.3. The van der Waals surface area contributed by atoms with Crippen molar-refractivity contribution in [2.24, 2.45) is 0 Å². The number of hydrogen-bond acceptors (Lipinski definition) is 9. The van der Waals surface area contributed by atoms with E-state index in [0.29, 0.717) is 17.3 Å². The first-order chi connectivity index (χ1) is 15.3. The smallest absolute Gasteiger partial charge is 0.321 e. The second-order valence-electron chi connectivity index (χ2n) is 6.30. The summed E-state index contributed by atoms with van der Waals surface area (Å²) in [7, 11) is -4.13. The first-order valence-corrected chi connectivity index (χ1v) is 12.3. The molecule has 0 saturated carbocycles. The van der Waals surface area contributed by atoms with Crippen molar-refractivity contribution < 1.29 is 32.3 Å². The van der Waals surface area contributed by atoms with Gasteiger partial charge < -0.3 is 14.2 Å². The van der Waals surface area contributed by atoms with Gasteiger partial charge in [0.15, 0.2) is 0 Å².